The zero-order chi connectivity index (χ0) is 20.8. The van der Waals surface area contributed by atoms with Gasteiger partial charge in [0.05, 0.1) is 18.8 Å². The highest BCUT2D eigenvalue weighted by Crippen LogP contribution is 2.40. The average molecular weight is 416 g/mol. The van der Waals surface area contributed by atoms with Gasteiger partial charge >= 0.3 is 5.97 Å². The van der Waals surface area contributed by atoms with E-state index in [2.05, 4.69) is 19.2 Å². The van der Waals surface area contributed by atoms with Crippen molar-refractivity contribution in [2.24, 2.45) is 5.92 Å². The van der Waals surface area contributed by atoms with E-state index in [1.165, 1.54) is 16.2 Å². The van der Waals surface area contributed by atoms with Crippen LogP contribution in [0.25, 0.3) is 0 Å². The molecule has 0 saturated carbocycles. The molecule has 5 nitrogen and oxygen atoms in total. The lowest BCUT2D eigenvalue weighted by Crippen LogP contribution is -2.16. The van der Waals surface area contributed by atoms with Crippen LogP contribution in [0.15, 0.2) is 24.3 Å². The largest absolute Gasteiger partial charge is 0.494 e. The molecule has 1 heterocycles. The molecule has 29 heavy (non-hydrogen) atoms. The van der Waals surface area contributed by atoms with E-state index in [1.54, 1.807) is 19.1 Å². The maximum Gasteiger partial charge on any atom is 0.341 e. The maximum absolute atomic E-state index is 12.9. The molecule has 1 aromatic heterocycles. The highest BCUT2D eigenvalue weighted by Gasteiger charge is 2.29. The Balaban J connectivity index is 1.83. The first kappa shape index (κ1) is 21.4. The second-order valence-electron chi connectivity index (χ2n) is 7.46. The fraction of sp³-hybridized carbons (Fsp3) is 0.478. The summed E-state index contributed by atoms with van der Waals surface area (Å²) in [4.78, 5) is 26.7. The number of thiophene rings is 1. The number of ether oxygens (including phenoxy) is 2. The molecule has 1 N–H and O–H groups in total. The molecule has 1 amide bonds. The molecule has 1 aromatic carbocycles. The van der Waals surface area contributed by atoms with Crippen LogP contribution in [0.2, 0.25) is 0 Å². The Kier molecular flexibility index (Phi) is 7.31. The number of fused-ring (bicyclic) bond motifs is 1. The van der Waals surface area contributed by atoms with E-state index in [1.807, 2.05) is 12.1 Å². The van der Waals surface area contributed by atoms with Crippen molar-refractivity contribution in [3.8, 4) is 5.75 Å². The molecule has 0 spiro atoms. The van der Waals surface area contributed by atoms with Crippen molar-refractivity contribution in [1.82, 2.24) is 0 Å². The van der Waals surface area contributed by atoms with Crippen LogP contribution in [0.3, 0.4) is 0 Å². The van der Waals surface area contributed by atoms with Crippen LogP contribution in [0, 0.1) is 5.92 Å². The minimum atomic E-state index is -0.355. The van der Waals surface area contributed by atoms with E-state index in [-0.39, 0.29) is 11.9 Å². The number of nitrogens with one attached hydrogen (secondary N) is 1. The number of rotatable bonds is 8. The van der Waals surface area contributed by atoms with Gasteiger partial charge in [-0.3, -0.25) is 4.79 Å². The normalized spacial score (nSPS) is 15.5. The van der Waals surface area contributed by atoms with Crippen molar-refractivity contribution in [3.05, 3.63) is 45.8 Å². The summed E-state index contributed by atoms with van der Waals surface area (Å²) in [6.07, 6.45) is 4.85. The molecule has 6 heteroatoms. The summed E-state index contributed by atoms with van der Waals surface area (Å²) >= 11 is 1.50. The Hall–Kier alpha value is -2.34. The fourth-order valence-corrected chi connectivity index (χ4v) is 4.89. The number of esters is 1. The molecule has 1 unspecified atom stereocenters. The van der Waals surface area contributed by atoms with Crippen molar-refractivity contribution in [1.29, 1.82) is 0 Å². The summed E-state index contributed by atoms with van der Waals surface area (Å²) in [7, 11) is 0. The average Bonchev–Trinajstić information content (AvgIpc) is 3.05. The van der Waals surface area contributed by atoms with Gasteiger partial charge in [0.15, 0.2) is 0 Å². The third-order valence-corrected chi connectivity index (χ3v) is 6.25. The quantitative estimate of drug-likeness (QED) is 0.458. The van der Waals surface area contributed by atoms with Crippen molar-refractivity contribution in [2.45, 2.75) is 52.9 Å². The van der Waals surface area contributed by atoms with Crippen LogP contribution in [-0.2, 0) is 17.6 Å². The lowest BCUT2D eigenvalue weighted by atomic mass is 9.88. The molecule has 1 aliphatic rings. The Morgan fingerprint density at radius 2 is 2.10 bits per heavy atom. The lowest BCUT2D eigenvalue weighted by Gasteiger charge is -2.18. The molecule has 156 valence electrons. The summed E-state index contributed by atoms with van der Waals surface area (Å²) in [5.74, 6) is 0.655. The third kappa shape index (κ3) is 5.18. The monoisotopic (exact) mass is 415 g/mol. The summed E-state index contributed by atoms with van der Waals surface area (Å²) in [6.45, 7) is 7.06. The first-order chi connectivity index (χ1) is 14.0. The lowest BCUT2D eigenvalue weighted by molar-refractivity contribution is 0.0526. The van der Waals surface area contributed by atoms with Gasteiger partial charge in [0.25, 0.3) is 5.91 Å². The smallest absolute Gasteiger partial charge is 0.341 e. The van der Waals surface area contributed by atoms with Gasteiger partial charge < -0.3 is 14.8 Å². The number of unbranched alkanes of at least 4 members (excludes halogenated alkanes) is 1. The Morgan fingerprint density at radius 3 is 2.86 bits per heavy atom. The highest BCUT2D eigenvalue weighted by atomic mass is 32.1. The topological polar surface area (TPSA) is 64.6 Å². The molecule has 0 aliphatic heterocycles. The van der Waals surface area contributed by atoms with Gasteiger partial charge in [0.1, 0.15) is 10.8 Å². The van der Waals surface area contributed by atoms with Gasteiger partial charge in [-0.1, -0.05) is 26.3 Å². The van der Waals surface area contributed by atoms with E-state index in [0.29, 0.717) is 41.0 Å². The van der Waals surface area contributed by atoms with E-state index in [4.69, 9.17) is 9.47 Å². The third-order valence-electron chi connectivity index (χ3n) is 5.08. The fourth-order valence-electron chi connectivity index (χ4n) is 3.49. The Labute approximate surface area is 176 Å². The summed E-state index contributed by atoms with van der Waals surface area (Å²) < 4.78 is 11.0. The molecule has 0 bridgehead atoms. The highest BCUT2D eigenvalue weighted by molar-refractivity contribution is 7.17. The van der Waals surface area contributed by atoms with E-state index >= 15 is 0 Å². The predicted octanol–water partition coefficient (Wildman–Crippen LogP) is 5.48. The second-order valence-corrected chi connectivity index (χ2v) is 8.57. The van der Waals surface area contributed by atoms with Gasteiger partial charge in [0.2, 0.25) is 0 Å². The molecule has 0 radical (unpaired) electrons. The van der Waals surface area contributed by atoms with Gasteiger partial charge in [0, 0.05) is 10.4 Å². The molecule has 3 rings (SSSR count). The molecular weight excluding hydrogens is 386 g/mol. The molecule has 2 aromatic rings. The minimum Gasteiger partial charge on any atom is -0.494 e. The van der Waals surface area contributed by atoms with Gasteiger partial charge in [-0.05, 0) is 62.3 Å². The van der Waals surface area contributed by atoms with Crippen molar-refractivity contribution in [2.75, 3.05) is 18.5 Å². The zero-order valence-corrected chi connectivity index (χ0v) is 18.2. The van der Waals surface area contributed by atoms with Crippen LogP contribution in [-0.4, -0.2) is 25.1 Å². The van der Waals surface area contributed by atoms with E-state index in [9.17, 15) is 9.59 Å². The standard InChI is InChI=1S/C23H29NO4S/c1-4-6-12-28-17-9-7-8-16(14-17)21(25)24-22-20(23(26)27-5-2)18-11-10-15(3)13-19(18)29-22/h7-9,14-15H,4-6,10-13H2,1-3H3,(H,24,25). The number of hydrogen-bond acceptors (Lipinski definition) is 5. The molecule has 0 fully saturated rings. The van der Waals surface area contributed by atoms with Gasteiger partial charge in [-0.25, -0.2) is 4.79 Å². The summed E-state index contributed by atoms with van der Waals surface area (Å²) in [5.41, 5.74) is 2.08. The molecule has 1 atom stereocenters. The van der Waals surface area contributed by atoms with Crippen LogP contribution in [0.4, 0.5) is 5.00 Å². The van der Waals surface area contributed by atoms with Crippen LogP contribution >= 0.6 is 11.3 Å². The number of carbonyl (C=O) groups is 2. The first-order valence-corrected chi connectivity index (χ1v) is 11.2. The van der Waals surface area contributed by atoms with E-state index < -0.39 is 0 Å². The van der Waals surface area contributed by atoms with Crippen molar-refractivity contribution >= 4 is 28.2 Å². The summed E-state index contributed by atoms with van der Waals surface area (Å²) in [6, 6.07) is 7.15. The Bertz CT molecular complexity index is 874. The minimum absolute atomic E-state index is 0.247. The van der Waals surface area contributed by atoms with Gasteiger partial charge in [-0.15, -0.1) is 11.3 Å². The predicted molar refractivity (Wildman–Crippen MR) is 116 cm³/mol. The Morgan fingerprint density at radius 1 is 1.28 bits per heavy atom. The number of hydrogen-bond donors (Lipinski definition) is 1. The van der Waals surface area contributed by atoms with Crippen LogP contribution in [0.5, 0.6) is 5.75 Å². The molecule has 0 saturated heterocycles. The number of carbonyl (C=O) groups excluding carboxylic acids is 2. The second kappa shape index (κ2) is 9.92. The van der Waals surface area contributed by atoms with Crippen LogP contribution in [0.1, 0.15) is 71.2 Å². The SMILES string of the molecule is CCCCOc1cccc(C(=O)Nc2sc3c(c2C(=O)OCC)CCC(C)C3)c1. The number of amides is 1. The molecule has 1 aliphatic carbocycles. The first-order valence-electron chi connectivity index (χ1n) is 10.4. The number of anilines is 1. The van der Waals surface area contributed by atoms with Crippen molar-refractivity contribution in [3.63, 3.8) is 0 Å². The van der Waals surface area contributed by atoms with Gasteiger partial charge in [-0.2, -0.15) is 0 Å². The van der Waals surface area contributed by atoms with Crippen LogP contribution < -0.4 is 10.1 Å². The number of benzene rings is 1. The maximum atomic E-state index is 12.9. The molecular formula is C23H29NO4S. The zero-order valence-electron chi connectivity index (χ0n) is 17.4. The van der Waals surface area contributed by atoms with Crippen molar-refractivity contribution < 1.29 is 19.1 Å². The summed E-state index contributed by atoms with van der Waals surface area (Å²) in [5, 5.41) is 3.54. The van der Waals surface area contributed by atoms with E-state index in [0.717, 1.165) is 37.7 Å².